The lowest BCUT2D eigenvalue weighted by Gasteiger charge is -2.37. The molecule has 1 amide bonds. The molecule has 6 heteroatoms. The van der Waals surface area contributed by atoms with Crippen LogP contribution in [0.15, 0.2) is 11.6 Å². The summed E-state index contributed by atoms with van der Waals surface area (Å²) >= 11 is 0. The Balaban J connectivity index is 2.91. The number of carbonyl (C=O) groups is 2. The quantitative estimate of drug-likeness (QED) is 0.538. The Kier molecular flexibility index (Phi) is 7.55. The molecule has 0 saturated heterocycles. The lowest BCUT2D eigenvalue weighted by atomic mass is 9.86. The average molecular weight is 311 g/mol. The SMILES string of the molecule is CCCCC(CC)N[C@H]1C=C(C(=O)O)C[C@@H](N)[C@@H]1NC(C)=O. The van der Waals surface area contributed by atoms with Crippen LogP contribution < -0.4 is 16.4 Å². The molecule has 0 aromatic carbocycles. The van der Waals surface area contributed by atoms with Gasteiger partial charge in [-0.05, 0) is 19.3 Å². The van der Waals surface area contributed by atoms with Crippen molar-refractivity contribution >= 4 is 11.9 Å². The maximum Gasteiger partial charge on any atom is 0.331 e. The monoisotopic (exact) mass is 311 g/mol. The van der Waals surface area contributed by atoms with Gasteiger partial charge in [-0.3, -0.25) is 4.79 Å². The van der Waals surface area contributed by atoms with E-state index in [0.717, 1.165) is 25.7 Å². The molecule has 6 nitrogen and oxygen atoms in total. The number of hydrogen-bond donors (Lipinski definition) is 4. The molecule has 22 heavy (non-hydrogen) atoms. The van der Waals surface area contributed by atoms with Crippen LogP contribution in [0.5, 0.6) is 0 Å². The Hall–Kier alpha value is -1.40. The number of amides is 1. The maximum absolute atomic E-state index is 11.4. The summed E-state index contributed by atoms with van der Waals surface area (Å²) in [6, 6.07) is -0.643. The molecule has 0 aliphatic heterocycles. The predicted molar refractivity (Wildman–Crippen MR) is 86.4 cm³/mol. The van der Waals surface area contributed by atoms with Gasteiger partial charge in [0.1, 0.15) is 0 Å². The van der Waals surface area contributed by atoms with Crippen molar-refractivity contribution in [3.8, 4) is 0 Å². The molecule has 0 bridgehead atoms. The number of nitrogens with one attached hydrogen (secondary N) is 2. The molecule has 1 aliphatic carbocycles. The topological polar surface area (TPSA) is 104 Å². The van der Waals surface area contributed by atoms with Crippen LogP contribution in [0.1, 0.15) is 52.9 Å². The molecule has 0 aromatic rings. The van der Waals surface area contributed by atoms with E-state index in [1.165, 1.54) is 6.92 Å². The number of carboxylic acids is 1. The summed E-state index contributed by atoms with van der Waals surface area (Å²) < 4.78 is 0. The average Bonchev–Trinajstić information content (AvgIpc) is 2.45. The van der Waals surface area contributed by atoms with Crippen LogP contribution in [0.2, 0.25) is 0 Å². The van der Waals surface area contributed by atoms with Gasteiger partial charge in [-0.25, -0.2) is 4.79 Å². The van der Waals surface area contributed by atoms with Crippen molar-refractivity contribution in [2.24, 2.45) is 5.73 Å². The van der Waals surface area contributed by atoms with Gasteiger partial charge in [0, 0.05) is 30.6 Å². The molecule has 4 atom stereocenters. The van der Waals surface area contributed by atoms with Gasteiger partial charge in [-0.2, -0.15) is 0 Å². The van der Waals surface area contributed by atoms with Crippen LogP contribution in [0.4, 0.5) is 0 Å². The van der Waals surface area contributed by atoms with E-state index in [1.807, 2.05) is 0 Å². The number of aliphatic carboxylic acids is 1. The van der Waals surface area contributed by atoms with Crippen LogP contribution in [-0.4, -0.2) is 41.2 Å². The summed E-state index contributed by atoms with van der Waals surface area (Å²) in [6.07, 6.45) is 6.19. The lowest BCUT2D eigenvalue weighted by Crippen LogP contribution is -2.61. The molecule has 1 rings (SSSR count). The van der Waals surface area contributed by atoms with Crippen LogP contribution in [0, 0.1) is 0 Å². The van der Waals surface area contributed by atoms with E-state index in [0.29, 0.717) is 5.57 Å². The number of carboxylic acid groups (broad SMARTS) is 1. The van der Waals surface area contributed by atoms with Crippen molar-refractivity contribution in [3.05, 3.63) is 11.6 Å². The third-order valence-electron chi connectivity index (χ3n) is 4.16. The number of carbonyl (C=O) groups excluding carboxylic acids is 1. The second-order valence-corrected chi connectivity index (χ2v) is 6.03. The Bertz CT molecular complexity index is 423. The number of hydrogen-bond acceptors (Lipinski definition) is 4. The molecular formula is C16H29N3O3. The summed E-state index contributed by atoms with van der Waals surface area (Å²) in [4.78, 5) is 22.7. The summed E-state index contributed by atoms with van der Waals surface area (Å²) in [5, 5.41) is 15.6. The van der Waals surface area contributed by atoms with E-state index < -0.39 is 12.0 Å². The second-order valence-electron chi connectivity index (χ2n) is 6.03. The summed E-state index contributed by atoms with van der Waals surface area (Å²) in [6.45, 7) is 5.70. The van der Waals surface area contributed by atoms with Crippen LogP contribution in [-0.2, 0) is 9.59 Å². The zero-order valence-electron chi connectivity index (χ0n) is 13.8. The summed E-state index contributed by atoms with van der Waals surface area (Å²) in [5.41, 5.74) is 6.42. The first-order valence-electron chi connectivity index (χ1n) is 8.11. The van der Waals surface area contributed by atoms with E-state index >= 15 is 0 Å². The molecule has 1 unspecified atom stereocenters. The fourth-order valence-electron chi connectivity index (χ4n) is 2.91. The third kappa shape index (κ3) is 5.42. The van der Waals surface area contributed by atoms with E-state index in [9.17, 15) is 14.7 Å². The predicted octanol–water partition coefficient (Wildman–Crippen LogP) is 1.16. The molecule has 0 saturated carbocycles. The normalized spacial score (nSPS) is 26.2. The first kappa shape index (κ1) is 18.6. The van der Waals surface area contributed by atoms with Gasteiger partial charge in [0.15, 0.2) is 0 Å². The molecule has 0 radical (unpaired) electrons. The van der Waals surface area contributed by atoms with E-state index in [-0.39, 0.29) is 30.5 Å². The molecule has 0 heterocycles. The third-order valence-corrected chi connectivity index (χ3v) is 4.16. The highest BCUT2D eigenvalue weighted by Crippen LogP contribution is 2.20. The molecule has 5 N–H and O–H groups in total. The highest BCUT2D eigenvalue weighted by molar-refractivity contribution is 5.87. The van der Waals surface area contributed by atoms with Crippen LogP contribution in [0.25, 0.3) is 0 Å². The van der Waals surface area contributed by atoms with E-state index in [1.54, 1.807) is 6.08 Å². The minimum absolute atomic E-state index is 0.152. The number of nitrogens with two attached hydrogens (primary N) is 1. The molecule has 126 valence electrons. The first-order valence-corrected chi connectivity index (χ1v) is 8.11. The molecule has 0 aromatic heterocycles. The lowest BCUT2D eigenvalue weighted by molar-refractivity contribution is -0.133. The van der Waals surface area contributed by atoms with Crippen molar-refractivity contribution in [2.45, 2.75) is 77.0 Å². The van der Waals surface area contributed by atoms with Gasteiger partial charge in [0.05, 0.1) is 6.04 Å². The van der Waals surface area contributed by atoms with Crippen molar-refractivity contribution in [1.29, 1.82) is 0 Å². The minimum atomic E-state index is -0.940. The minimum Gasteiger partial charge on any atom is -0.478 e. The van der Waals surface area contributed by atoms with Gasteiger partial charge in [-0.15, -0.1) is 0 Å². The van der Waals surface area contributed by atoms with E-state index in [2.05, 4.69) is 24.5 Å². The highest BCUT2D eigenvalue weighted by atomic mass is 16.4. The first-order chi connectivity index (χ1) is 10.4. The Morgan fingerprint density at radius 1 is 1.45 bits per heavy atom. The maximum atomic E-state index is 11.4. The van der Waals surface area contributed by atoms with Crippen LogP contribution >= 0.6 is 0 Å². The Labute approximate surface area is 132 Å². The zero-order valence-corrected chi connectivity index (χ0v) is 13.8. The fraction of sp³-hybridized carbons (Fsp3) is 0.750. The molecule has 0 spiro atoms. The molecule has 0 fully saturated rings. The standard InChI is InChI=1S/C16H29N3O3/c1-4-6-7-12(5-2)19-14-9-11(16(21)22)8-13(17)15(14)18-10(3)20/h9,12-15,19H,4-8,17H2,1-3H3,(H,18,20)(H,21,22)/t12?,13-,14+,15+/m1/s1. The smallest absolute Gasteiger partial charge is 0.331 e. The second kappa shape index (κ2) is 8.90. The number of rotatable bonds is 8. The van der Waals surface area contributed by atoms with E-state index in [4.69, 9.17) is 5.73 Å². The Morgan fingerprint density at radius 2 is 2.14 bits per heavy atom. The van der Waals surface area contributed by atoms with Crippen molar-refractivity contribution < 1.29 is 14.7 Å². The largest absolute Gasteiger partial charge is 0.478 e. The van der Waals surface area contributed by atoms with Gasteiger partial charge in [-0.1, -0.05) is 32.8 Å². The van der Waals surface area contributed by atoms with Crippen LogP contribution in [0.3, 0.4) is 0 Å². The van der Waals surface area contributed by atoms with Gasteiger partial charge in [0.2, 0.25) is 5.91 Å². The van der Waals surface area contributed by atoms with Crippen molar-refractivity contribution in [2.75, 3.05) is 0 Å². The summed E-state index contributed by atoms with van der Waals surface area (Å²) in [7, 11) is 0. The molecular weight excluding hydrogens is 282 g/mol. The number of unbranched alkanes of at least 4 members (excludes halogenated alkanes) is 1. The summed E-state index contributed by atoms with van der Waals surface area (Å²) in [5.74, 6) is -1.09. The van der Waals surface area contributed by atoms with Gasteiger partial charge >= 0.3 is 5.97 Å². The van der Waals surface area contributed by atoms with Gasteiger partial charge < -0.3 is 21.5 Å². The van der Waals surface area contributed by atoms with Crippen molar-refractivity contribution in [1.82, 2.24) is 10.6 Å². The fourth-order valence-corrected chi connectivity index (χ4v) is 2.91. The Morgan fingerprint density at radius 3 is 2.64 bits per heavy atom. The van der Waals surface area contributed by atoms with Gasteiger partial charge in [0.25, 0.3) is 0 Å². The zero-order chi connectivity index (χ0) is 16.7. The highest BCUT2D eigenvalue weighted by Gasteiger charge is 2.34. The molecule has 1 aliphatic rings. The van der Waals surface area contributed by atoms with Crippen molar-refractivity contribution in [3.63, 3.8) is 0 Å².